The molecule has 8 aliphatic rings. The molecule has 8 rings (SSSR count). The predicted octanol–water partition coefficient (Wildman–Crippen LogP) is -1.98. The summed E-state index contributed by atoms with van der Waals surface area (Å²) in [5, 5.41) is 139. The summed E-state index contributed by atoms with van der Waals surface area (Å²) in [6.07, 6.45) is -18.0. The second-order valence-corrected chi connectivity index (χ2v) is 23.2. The van der Waals surface area contributed by atoms with Crippen LogP contribution in [-0.2, 0) is 33.2 Å². The first-order chi connectivity index (χ1) is 32.1. The lowest BCUT2D eigenvalue weighted by atomic mass is 9.33. The summed E-state index contributed by atoms with van der Waals surface area (Å²) in [7, 11) is 0. The number of fused-ring (bicyclic) bond motifs is 5. The van der Waals surface area contributed by atoms with Gasteiger partial charge >= 0.3 is 0 Å². The highest BCUT2D eigenvalue weighted by Crippen LogP contribution is 2.75. The van der Waals surface area contributed by atoms with Gasteiger partial charge in [-0.1, -0.05) is 34.6 Å². The highest BCUT2D eigenvalue weighted by atomic mass is 16.8. The Morgan fingerprint density at radius 2 is 1.13 bits per heavy atom. The molecule has 27 atom stereocenters. The molecule has 20 heteroatoms. The molecule has 1 spiro atoms. The molecule has 394 valence electrons. The van der Waals surface area contributed by atoms with Gasteiger partial charge in [-0.15, -0.1) is 0 Å². The van der Waals surface area contributed by atoms with Crippen molar-refractivity contribution in [2.75, 3.05) is 39.6 Å². The van der Waals surface area contributed by atoms with Crippen molar-refractivity contribution < 1.29 is 99.5 Å². The molecule has 68 heavy (non-hydrogen) atoms. The van der Waals surface area contributed by atoms with Gasteiger partial charge in [-0.3, -0.25) is 0 Å². The van der Waals surface area contributed by atoms with Gasteiger partial charge in [0.2, 0.25) is 0 Å². The molecule has 19 unspecified atom stereocenters. The Balaban J connectivity index is 1.09. The smallest absolute Gasteiger partial charge is 0.187 e. The van der Waals surface area contributed by atoms with E-state index >= 15 is 0 Å². The third kappa shape index (κ3) is 8.66. The van der Waals surface area contributed by atoms with E-state index in [9.17, 15) is 66.4 Å². The second kappa shape index (κ2) is 20.1. The van der Waals surface area contributed by atoms with Gasteiger partial charge in [-0.25, -0.2) is 0 Å². The highest BCUT2D eigenvalue weighted by molar-refractivity contribution is 5.19. The van der Waals surface area contributed by atoms with Crippen LogP contribution in [0.1, 0.15) is 98.8 Å². The van der Waals surface area contributed by atoms with Gasteiger partial charge in [0.15, 0.2) is 18.9 Å². The fourth-order valence-electron chi connectivity index (χ4n) is 15.4. The number of ether oxygens (including phenoxy) is 7. The average molecular weight is 979 g/mol. The maximum atomic E-state index is 12.5. The van der Waals surface area contributed by atoms with Crippen LogP contribution in [0.5, 0.6) is 0 Å². The summed E-state index contributed by atoms with van der Waals surface area (Å²) in [5.74, 6) is 0.0754. The molecule has 0 aromatic rings. The minimum absolute atomic E-state index is 0.0239. The summed E-state index contributed by atoms with van der Waals surface area (Å²) >= 11 is 0. The minimum atomic E-state index is -1.87. The summed E-state index contributed by atoms with van der Waals surface area (Å²) < 4.78 is 43.4. The van der Waals surface area contributed by atoms with Crippen LogP contribution in [0.15, 0.2) is 0 Å². The van der Waals surface area contributed by atoms with Crippen LogP contribution >= 0.6 is 0 Å². The van der Waals surface area contributed by atoms with Gasteiger partial charge in [-0.2, -0.15) is 0 Å². The Labute approximate surface area is 398 Å². The van der Waals surface area contributed by atoms with E-state index in [1.165, 1.54) is 0 Å². The van der Waals surface area contributed by atoms with E-state index in [1.54, 1.807) is 0 Å². The Morgan fingerprint density at radius 1 is 0.544 bits per heavy atom. The third-order valence-electron chi connectivity index (χ3n) is 19.9. The van der Waals surface area contributed by atoms with E-state index in [2.05, 4.69) is 20.8 Å². The number of aliphatic hydroxyl groups excluding tert-OH is 13. The predicted molar refractivity (Wildman–Crippen MR) is 234 cm³/mol. The zero-order chi connectivity index (χ0) is 49.5. The van der Waals surface area contributed by atoms with Gasteiger partial charge in [0.1, 0.15) is 73.2 Å². The number of rotatable bonds is 12. The number of hydrogen-bond acceptors (Lipinski definition) is 20. The molecule has 8 fully saturated rings. The van der Waals surface area contributed by atoms with Gasteiger partial charge in [0.25, 0.3) is 0 Å². The van der Waals surface area contributed by atoms with Crippen LogP contribution in [0, 0.1) is 50.7 Å². The van der Waals surface area contributed by atoms with E-state index in [-0.39, 0.29) is 64.6 Å². The lowest BCUT2D eigenvalue weighted by Gasteiger charge is -2.73. The normalized spacial score (nSPS) is 55.8. The zero-order valence-electron chi connectivity index (χ0n) is 40.2. The molecule has 0 aromatic carbocycles. The number of hydrogen-bond donors (Lipinski definition) is 13. The molecule has 4 heterocycles. The SMILES string of the molecule is CC(CO)C1CC[C@@]2(CC[C@]3(C)[C@@H](CC[C@H]4[C@@]5(C)CCC(OC6OC(CO)C(O)C(O)C6OC6OC(CO)C(O)C(O)C6O)[C@@](C)(COC6OC(CO)C(O)C(O)C6O)[C@@H]5CC[C@]43C)C2O)CO1. The molecule has 20 nitrogen and oxygen atoms in total. The third-order valence-corrected chi connectivity index (χ3v) is 19.9. The summed E-state index contributed by atoms with van der Waals surface area (Å²) in [6, 6.07) is 0. The van der Waals surface area contributed by atoms with E-state index in [4.69, 9.17) is 33.2 Å². The van der Waals surface area contributed by atoms with Crippen molar-refractivity contribution in [1.29, 1.82) is 0 Å². The van der Waals surface area contributed by atoms with Crippen molar-refractivity contribution >= 4 is 0 Å². The van der Waals surface area contributed by atoms with Crippen molar-refractivity contribution in [3.05, 3.63) is 0 Å². The summed E-state index contributed by atoms with van der Waals surface area (Å²) in [4.78, 5) is 0. The second-order valence-electron chi connectivity index (χ2n) is 23.2. The van der Waals surface area contributed by atoms with Crippen molar-refractivity contribution in [3.63, 3.8) is 0 Å². The first-order valence-electron chi connectivity index (χ1n) is 25.2. The van der Waals surface area contributed by atoms with Gasteiger partial charge in [0, 0.05) is 23.4 Å². The van der Waals surface area contributed by atoms with E-state index < -0.39 is 130 Å². The Hall–Kier alpha value is -0.800. The molecule has 0 radical (unpaired) electrons. The fraction of sp³-hybridized carbons (Fsp3) is 1.00. The van der Waals surface area contributed by atoms with E-state index in [0.717, 1.165) is 44.9 Å². The maximum Gasteiger partial charge on any atom is 0.187 e. The minimum Gasteiger partial charge on any atom is -0.396 e. The fourth-order valence-corrected chi connectivity index (χ4v) is 15.4. The standard InChI is InChI=1S/C48H82O20/c1-22(16-49)24-8-13-48(21-62-24)15-14-46(4)23(40(48)61)6-7-29-44(2)11-10-30(45(3,28(44)9-12-47(29,46)5)20-63-41-37(59)34(56)31(53)25(17-50)64-41)67-43-39(36(58)33(55)27(19-52)66-43)68-42-38(60)35(57)32(54)26(18-51)65-42/h22-43,49-61H,6-21H2,1-5H3/t22?,23-,24?,25?,26?,27?,28+,29-,30?,31?,32?,33?,34?,35?,36?,37?,38?,39?,40?,41?,42?,43?,44-,45-,46+,47+,48+/m0/s1. The quantitative estimate of drug-likeness (QED) is 0.0943. The van der Waals surface area contributed by atoms with Crippen molar-refractivity contribution in [1.82, 2.24) is 0 Å². The Bertz CT molecular complexity index is 1690. The molecule has 4 aliphatic heterocycles. The molecule has 0 aromatic heterocycles. The lowest BCUT2D eigenvalue weighted by Crippen LogP contribution is -2.69. The lowest BCUT2D eigenvalue weighted by molar-refractivity contribution is -0.382. The van der Waals surface area contributed by atoms with Crippen molar-refractivity contribution in [2.45, 2.75) is 209 Å². The molecule has 4 aliphatic carbocycles. The van der Waals surface area contributed by atoms with Crippen LogP contribution < -0.4 is 0 Å². The number of aliphatic hydroxyl groups is 13. The van der Waals surface area contributed by atoms with Crippen LogP contribution in [0.3, 0.4) is 0 Å². The zero-order valence-corrected chi connectivity index (χ0v) is 40.2. The Morgan fingerprint density at radius 3 is 1.72 bits per heavy atom. The van der Waals surface area contributed by atoms with Crippen LogP contribution in [-0.4, -0.2) is 216 Å². The van der Waals surface area contributed by atoms with Gasteiger partial charge in [0.05, 0.1) is 51.3 Å². The monoisotopic (exact) mass is 979 g/mol. The first-order valence-corrected chi connectivity index (χ1v) is 25.2. The summed E-state index contributed by atoms with van der Waals surface area (Å²) in [6.45, 7) is 9.32. The van der Waals surface area contributed by atoms with E-state index in [0.29, 0.717) is 25.9 Å². The molecule has 4 saturated heterocycles. The van der Waals surface area contributed by atoms with Crippen LogP contribution in [0.25, 0.3) is 0 Å². The van der Waals surface area contributed by atoms with Gasteiger partial charge < -0.3 is 99.5 Å². The molecular formula is C48H82O20. The Kier molecular flexibility index (Phi) is 15.8. The average Bonchev–Trinajstić information content (AvgIpc) is 3.32. The maximum absolute atomic E-state index is 12.5. The largest absolute Gasteiger partial charge is 0.396 e. The highest BCUT2D eigenvalue weighted by Gasteiger charge is 2.71. The molecule has 4 saturated carbocycles. The van der Waals surface area contributed by atoms with Crippen molar-refractivity contribution in [2.24, 2.45) is 50.7 Å². The molecular weight excluding hydrogens is 897 g/mol. The molecule has 0 amide bonds. The van der Waals surface area contributed by atoms with Gasteiger partial charge in [-0.05, 0) is 98.2 Å². The first kappa shape index (κ1) is 53.5. The molecule has 0 bridgehead atoms. The van der Waals surface area contributed by atoms with Crippen molar-refractivity contribution in [3.8, 4) is 0 Å². The summed E-state index contributed by atoms with van der Waals surface area (Å²) in [5.41, 5.74) is -2.12. The molecule has 13 N–H and O–H groups in total. The van der Waals surface area contributed by atoms with E-state index in [1.807, 2.05) is 13.8 Å². The topological polar surface area (TPSA) is 328 Å². The van der Waals surface area contributed by atoms with Crippen LogP contribution in [0.4, 0.5) is 0 Å². The van der Waals surface area contributed by atoms with Crippen LogP contribution in [0.2, 0.25) is 0 Å².